The van der Waals surface area contributed by atoms with E-state index in [4.69, 9.17) is 21.1 Å². The van der Waals surface area contributed by atoms with E-state index in [0.29, 0.717) is 22.9 Å². The van der Waals surface area contributed by atoms with Crippen molar-refractivity contribution in [1.82, 2.24) is 4.90 Å². The van der Waals surface area contributed by atoms with E-state index in [1.807, 2.05) is 24.3 Å². The summed E-state index contributed by atoms with van der Waals surface area (Å²) in [6, 6.07) is 11.8. The number of hydrogen-bond donors (Lipinski definition) is 3. The highest BCUT2D eigenvalue weighted by Crippen LogP contribution is 2.35. The lowest BCUT2D eigenvalue weighted by atomic mass is 10.1. The van der Waals surface area contributed by atoms with Gasteiger partial charge in [-0.05, 0) is 55.7 Å². The Morgan fingerprint density at radius 2 is 1.90 bits per heavy atom. The first kappa shape index (κ1) is 21.7. The highest BCUT2D eigenvalue weighted by atomic mass is 35.5. The number of phenols is 1. The molecule has 1 aliphatic carbocycles. The topological polar surface area (TPSA) is 91.3 Å². The minimum Gasteiger partial charge on any atom is -0.508 e. The van der Waals surface area contributed by atoms with E-state index in [2.05, 4.69) is 10.2 Å². The molecular weight excluding hydrogens is 420 g/mol. The second-order valence-electron chi connectivity index (χ2n) is 8.13. The zero-order chi connectivity index (χ0) is 22.0. The van der Waals surface area contributed by atoms with Gasteiger partial charge in [0.05, 0.1) is 5.69 Å². The number of nitrogens with zero attached hydrogens (tertiary/aromatic N) is 1. The van der Waals surface area contributed by atoms with Gasteiger partial charge in [-0.15, -0.1) is 0 Å². The summed E-state index contributed by atoms with van der Waals surface area (Å²) in [7, 11) is 0. The molecule has 1 heterocycles. The molecule has 0 bridgehead atoms. The van der Waals surface area contributed by atoms with Crippen molar-refractivity contribution >= 4 is 23.2 Å². The molecule has 3 N–H and O–H groups in total. The van der Waals surface area contributed by atoms with Crippen molar-refractivity contribution in [3.05, 3.63) is 47.5 Å². The number of benzene rings is 2. The zero-order valence-electron chi connectivity index (χ0n) is 17.3. The third-order valence-electron chi connectivity index (χ3n) is 5.84. The summed E-state index contributed by atoms with van der Waals surface area (Å²) in [5.41, 5.74) is 0.471. The molecule has 1 saturated carbocycles. The standard InChI is InChI=1S/C23H27ClN2O5/c1-14(27)25-19-7-4-16(28)12-22(19)31-21-9-8-20(23(21)29)26-11-10-18(13-26)30-17-5-2-15(24)3-6-17/h2-7,12,18,20-21,23,28-29H,8-11,13H2,1H3,(H,25,27)/t18?,20-,21-,23-/m1/s1. The summed E-state index contributed by atoms with van der Waals surface area (Å²) in [5.74, 6) is 0.947. The van der Waals surface area contributed by atoms with E-state index in [0.717, 1.165) is 31.7 Å². The number of anilines is 1. The maximum Gasteiger partial charge on any atom is 0.221 e. The van der Waals surface area contributed by atoms with Crippen LogP contribution in [0.5, 0.6) is 17.2 Å². The highest BCUT2D eigenvalue weighted by Gasteiger charge is 2.42. The number of aliphatic hydroxyl groups is 1. The summed E-state index contributed by atoms with van der Waals surface area (Å²) in [6.07, 6.45) is 1.33. The molecule has 4 atom stereocenters. The van der Waals surface area contributed by atoms with E-state index >= 15 is 0 Å². The van der Waals surface area contributed by atoms with Gasteiger partial charge in [0, 0.05) is 37.1 Å². The number of halogens is 1. The molecule has 2 aromatic carbocycles. The lowest BCUT2D eigenvalue weighted by molar-refractivity contribution is -0.114. The van der Waals surface area contributed by atoms with Crippen molar-refractivity contribution in [3.63, 3.8) is 0 Å². The molecule has 0 aromatic heterocycles. The van der Waals surface area contributed by atoms with Crippen LogP contribution < -0.4 is 14.8 Å². The lowest BCUT2D eigenvalue weighted by Gasteiger charge is -2.28. The summed E-state index contributed by atoms with van der Waals surface area (Å²) in [5, 5.41) is 24.1. The molecule has 1 amide bonds. The highest BCUT2D eigenvalue weighted by molar-refractivity contribution is 6.30. The van der Waals surface area contributed by atoms with Gasteiger partial charge in [0.25, 0.3) is 0 Å². The predicted octanol–water partition coefficient (Wildman–Crippen LogP) is 3.43. The van der Waals surface area contributed by atoms with Crippen molar-refractivity contribution < 1.29 is 24.5 Å². The Balaban J connectivity index is 1.36. The molecule has 31 heavy (non-hydrogen) atoms. The Hall–Kier alpha value is -2.48. The largest absolute Gasteiger partial charge is 0.508 e. The first-order chi connectivity index (χ1) is 14.9. The van der Waals surface area contributed by atoms with Gasteiger partial charge in [-0.3, -0.25) is 9.69 Å². The normalized spacial score (nSPS) is 26.0. The minimum atomic E-state index is -0.679. The van der Waals surface area contributed by atoms with Crippen molar-refractivity contribution in [2.45, 2.75) is 50.5 Å². The first-order valence-electron chi connectivity index (χ1n) is 10.5. The number of aromatic hydroxyl groups is 1. The smallest absolute Gasteiger partial charge is 0.221 e. The number of ether oxygens (including phenoxy) is 2. The van der Waals surface area contributed by atoms with Crippen molar-refractivity contribution in [1.29, 1.82) is 0 Å². The van der Waals surface area contributed by atoms with Gasteiger partial charge < -0.3 is 25.0 Å². The molecule has 8 heteroatoms. The zero-order valence-corrected chi connectivity index (χ0v) is 18.1. The Morgan fingerprint density at radius 1 is 1.13 bits per heavy atom. The quantitative estimate of drug-likeness (QED) is 0.589. The van der Waals surface area contributed by atoms with E-state index in [9.17, 15) is 15.0 Å². The van der Waals surface area contributed by atoms with E-state index < -0.39 is 12.2 Å². The SMILES string of the molecule is CC(=O)Nc1ccc(O)cc1O[C@@H]1CC[C@@H](N2CCC(Oc3ccc(Cl)cc3)C2)[C@H]1O. The third kappa shape index (κ3) is 5.23. The van der Waals surface area contributed by atoms with Crippen LogP contribution in [0.3, 0.4) is 0 Å². The Bertz CT molecular complexity index is 923. The second-order valence-corrected chi connectivity index (χ2v) is 8.57. The molecular formula is C23H27ClN2O5. The average Bonchev–Trinajstić information content (AvgIpc) is 3.32. The molecule has 7 nitrogen and oxygen atoms in total. The fourth-order valence-corrected chi connectivity index (χ4v) is 4.50. The maximum absolute atomic E-state index is 11.5. The van der Waals surface area contributed by atoms with Crippen LogP contribution in [0.2, 0.25) is 5.02 Å². The molecule has 2 fully saturated rings. The molecule has 1 aliphatic heterocycles. The summed E-state index contributed by atoms with van der Waals surface area (Å²) in [6.45, 7) is 2.99. The van der Waals surface area contributed by atoms with E-state index in [1.165, 1.54) is 19.1 Å². The monoisotopic (exact) mass is 446 g/mol. The predicted molar refractivity (Wildman–Crippen MR) is 118 cm³/mol. The van der Waals surface area contributed by atoms with Crippen LogP contribution >= 0.6 is 11.6 Å². The number of aliphatic hydroxyl groups excluding tert-OH is 1. The summed E-state index contributed by atoms with van der Waals surface area (Å²) in [4.78, 5) is 13.7. The number of phenolic OH excluding ortho intramolecular Hbond substituents is 1. The van der Waals surface area contributed by atoms with Crippen molar-refractivity contribution in [2.75, 3.05) is 18.4 Å². The summed E-state index contributed by atoms with van der Waals surface area (Å²) >= 11 is 5.93. The van der Waals surface area contributed by atoms with Crippen LogP contribution in [0.15, 0.2) is 42.5 Å². The van der Waals surface area contributed by atoms with Gasteiger partial charge in [0.15, 0.2) is 0 Å². The first-order valence-corrected chi connectivity index (χ1v) is 10.9. The summed E-state index contributed by atoms with van der Waals surface area (Å²) < 4.78 is 12.1. The number of amides is 1. The number of rotatable bonds is 6. The van der Waals surface area contributed by atoms with Crippen LogP contribution in [-0.2, 0) is 4.79 Å². The minimum absolute atomic E-state index is 0.0228. The van der Waals surface area contributed by atoms with Crippen LogP contribution in [0.4, 0.5) is 5.69 Å². The third-order valence-corrected chi connectivity index (χ3v) is 6.09. The Labute approximate surface area is 186 Å². The number of nitrogens with one attached hydrogen (secondary N) is 1. The molecule has 4 rings (SSSR count). The molecule has 2 aromatic rings. The molecule has 2 aliphatic rings. The number of likely N-dealkylation sites (tertiary alicyclic amines) is 1. The fourth-order valence-electron chi connectivity index (χ4n) is 4.37. The molecule has 166 valence electrons. The molecule has 0 spiro atoms. The van der Waals surface area contributed by atoms with Gasteiger partial charge in [-0.2, -0.15) is 0 Å². The van der Waals surface area contributed by atoms with Crippen molar-refractivity contribution in [2.24, 2.45) is 0 Å². The van der Waals surface area contributed by atoms with Gasteiger partial charge in [-0.1, -0.05) is 11.6 Å². The Kier molecular flexibility index (Phi) is 6.55. The number of carbonyl (C=O) groups is 1. The van der Waals surface area contributed by atoms with E-state index in [1.54, 1.807) is 6.07 Å². The van der Waals surface area contributed by atoms with Gasteiger partial charge in [-0.25, -0.2) is 0 Å². The maximum atomic E-state index is 11.5. The van der Waals surface area contributed by atoms with E-state index in [-0.39, 0.29) is 23.8 Å². The van der Waals surface area contributed by atoms with Gasteiger partial charge in [0.1, 0.15) is 35.6 Å². The average molecular weight is 447 g/mol. The van der Waals surface area contributed by atoms with Crippen LogP contribution in [0.1, 0.15) is 26.2 Å². The Morgan fingerprint density at radius 3 is 2.65 bits per heavy atom. The number of hydrogen-bond acceptors (Lipinski definition) is 6. The molecule has 1 saturated heterocycles. The van der Waals surface area contributed by atoms with Crippen LogP contribution in [0, 0.1) is 0 Å². The fraction of sp³-hybridized carbons (Fsp3) is 0.435. The lowest BCUT2D eigenvalue weighted by Crippen LogP contribution is -2.44. The van der Waals surface area contributed by atoms with Gasteiger partial charge in [0.2, 0.25) is 5.91 Å². The van der Waals surface area contributed by atoms with Gasteiger partial charge >= 0.3 is 0 Å². The van der Waals surface area contributed by atoms with Crippen LogP contribution in [-0.4, -0.2) is 58.5 Å². The number of carbonyl (C=O) groups excluding carboxylic acids is 1. The van der Waals surface area contributed by atoms with Crippen LogP contribution in [0.25, 0.3) is 0 Å². The molecule has 0 radical (unpaired) electrons. The molecule has 1 unspecified atom stereocenters. The van der Waals surface area contributed by atoms with Crippen molar-refractivity contribution in [3.8, 4) is 17.2 Å². The second kappa shape index (κ2) is 9.34.